The zero-order valence-electron chi connectivity index (χ0n) is 12.8. The standard InChI is InChI=1S/C15H21N5O/c1-10-5-7-13(8-6-10)20-12(3)14(18-19-20)15(21)17-9-11(2)16-4/h5-8,11,16H,9H2,1-4H3,(H,17,21). The van der Waals surface area contributed by atoms with Crippen molar-refractivity contribution >= 4 is 5.91 Å². The van der Waals surface area contributed by atoms with Crippen molar-refractivity contribution in [1.29, 1.82) is 0 Å². The summed E-state index contributed by atoms with van der Waals surface area (Å²) in [5.74, 6) is -0.201. The maximum Gasteiger partial charge on any atom is 0.273 e. The van der Waals surface area contributed by atoms with E-state index >= 15 is 0 Å². The van der Waals surface area contributed by atoms with Gasteiger partial charge in [-0.25, -0.2) is 4.68 Å². The number of nitrogens with one attached hydrogen (secondary N) is 2. The number of rotatable bonds is 5. The van der Waals surface area contributed by atoms with Crippen LogP contribution in [-0.4, -0.2) is 40.5 Å². The summed E-state index contributed by atoms with van der Waals surface area (Å²) < 4.78 is 1.68. The molecule has 0 aliphatic heterocycles. The Hall–Kier alpha value is -2.21. The molecule has 0 spiro atoms. The van der Waals surface area contributed by atoms with Gasteiger partial charge in [0.25, 0.3) is 5.91 Å². The molecule has 0 aliphatic carbocycles. The van der Waals surface area contributed by atoms with E-state index < -0.39 is 0 Å². The van der Waals surface area contributed by atoms with Crippen LogP contribution in [0.15, 0.2) is 24.3 Å². The predicted octanol–water partition coefficient (Wildman–Crippen LogP) is 1.22. The number of likely N-dealkylation sites (N-methyl/N-ethyl adjacent to an activating group) is 1. The Kier molecular flexibility index (Phi) is 4.70. The molecule has 2 rings (SSSR count). The van der Waals surface area contributed by atoms with E-state index in [4.69, 9.17) is 0 Å². The summed E-state index contributed by atoms with van der Waals surface area (Å²) in [5.41, 5.74) is 3.16. The van der Waals surface area contributed by atoms with Crippen LogP contribution in [0.1, 0.15) is 28.7 Å². The molecule has 2 N–H and O–H groups in total. The third kappa shape index (κ3) is 3.46. The molecule has 112 valence electrons. The molecule has 0 saturated heterocycles. The van der Waals surface area contributed by atoms with Crippen LogP contribution in [0, 0.1) is 13.8 Å². The summed E-state index contributed by atoms with van der Waals surface area (Å²) in [6.07, 6.45) is 0. The first-order chi connectivity index (χ1) is 10.0. The average molecular weight is 287 g/mol. The minimum Gasteiger partial charge on any atom is -0.349 e. The fourth-order valence-corrected chi connectivity index (χ4v) is 1.90. The molecule has 0 aliphatic rings. The predicted molar refractivity (Wildman–Crippen MR) is 81.7 cm³/mol. The molecule has 2 aromatic rings. The number of carbonyl (C=O) groups excluding carboxylic acids is 1. The highest BCUT2D eigenvalue weighted by atomic mass is 16.2. The fraction of sp³-hybridized carbons (Fsp3) is 0.400. The number of hydrogen-bond acceptors (Lipinski definition) is 4. The zero-order chi connectivity index (χ0) is 15.4. The van der Waals surface area contributed by atoms with E-state index in [1.165, 1.54) is 5.56 Å². The van der Waals surface area contributed by atoms with Crippen molar-refractivity contribution in [3.63, 3.8) is 0 Å². The number of benzene rings is 1. The van der Waals surface area contributed by atoms with Gasteiger partial charge in [0.15, 0.2) is 5.69 Å². The Morgan fingerprint density at radius 1 is 1.29 bits per heavy atom. The Morgan fingerprint density at radius 2 is 1.95 bits per heavy atom. The van der Waals surface area contributed by atoms with E-state index in [2.05, 4.69) is 20.9 Å². The maximum atomic E-state index is 12.1. The van der Waals surface area contributed by atoms with Crippen LogP contribution in [0.25, 0.3) is 5.69 Å². The fourth-order valence-electron chi connectivity index (χ4n) is 1.90. The second-order valence-electron chi connectivity index (χ2n) is 5.17. The molecule has 0 radical (unpaired) electrons. The highest BCUT2D eigenvalue weighted by Crippen LogP contribution is 2.12. The number of nitrogens with zero attached hydrogens (tertiary/aromatic N) is 3. The summed E-state index contributed by atoms with van der Waals surface area (Å²) in [6, 6.07) is 8.14. The van der Waals surface area contributed by atoms with Gasteiger partial charge in [0.1, 0.15) is 0 Å². The molecule has 1 amide bonds. The van der Waals surface area contributed by atoms with Crippen LogP contribution in [-0.2, 0) is 0 Å². The van der Waals surface area contributed by atoms with Gasteiger partial charge in [0.05, 0.1) is 11.4 Å². The van der Waals surface area contributed by atoms with Gasteiger partial charge in [-0.1, -0.05) is 22.9 Å². The number of carbonyl (C=O) groups is 1. The van der Waals surface area contributed by atoms with Crippen LogP contribution < -0.4 is 10.6 Å². The highest BCUT2D eigenvalue weighted by Gasteiger charge is 2.17. The Labute approximate surface area is 124 Å². The van der Waals surface area contributed by atoms with Crippen molar-refractivity contribution < 1.29 is 4.79 Å². The van der Waals surface area contributed by atoms with Crippen LogP contribution in [0.5, 0.6) is 0 Å². The van der Waals surface area contributed by atoms with Crippen molar-refractivity contribution in [2.24, 2.45) is 0 Å². The van der Waals surface area contributed by atoms with Crippen molar-refractivity contribution in [2.75, 3.05) is 13.6 Å². The Bertz CT molecular complexity index is 617. The van der Waals surface area contributed by atoms with E-state index in [0.717, 1.165) is 11.4 Å². The average Bonchev–Trinajstić information content (AvgIpc) is 2.87. The zero-order valence-corrected chi connectivity index (χ0v) is 12.8. The molecular formula is C15H21N5O. The van der Waals surface area contributed by atoms with Crippen molar-refractivity contribution in [3.05, 3.63) is 41.2 Å². The smallest absolute Gasteiger partial charge is 0.273 e. The molecule has 6 nitrogen and oxygen atoms in total. The second-order valence-corrected chi connectivity index (χ2v) is 5.17. The molecule has 1 aromatic carbocycles. The van der Waals surface area contributed by atoms with Crippen LogP contribution >= 0.6 is 0 Å². The summed E-state index contributed by atoms with van der Waals surface area (Å²) in [5, 5.41) is 14.0. The van der Waals surface area contributed by atoms with Gasteiger partial charge >= 0.3 is 0 Å². The van der Waals surface area contributed by atoms with Crippen LogP contribution in [0.2, 0.25) is 0 Å². The molecule has 0 saturated carbocycles. The van der Waals surface area contributed by atoms with E-state index in [1.54, 1.807) is 4.68 Å². The maximum absolute atomic E-state index is 12.1. The lowest BCUT2D eigenvalue weighted by Gasteiger charge is -2.10. The normalized spacial score (nSPS) is 12.2. The first kappa shape index (κ1) is 15.2. The molecule has 1 unspecified atom stereocenters. The van der Waals surface area contributed by atoms with Gasteiger partial charge in [0.2, 0.25) is 0 Å². The van der Waals surface area contributed by atoms with Gasteiger partial charge in [-0.3, -0.25) is 4.79 Å². The monoisotopic (exact) mass is 287 g/mol. The number of amides is 1. The largest absolute Gasteiger partial charge is 0.349 e. The number of hydrogen-bond donors (Lipinski definition) is 2. The molecule has 1 heterocycles. The Balaban J connectivity index is 2.16. The third-order valence-electron chi connectivity index (χ3n) is 3.45. The van der Waals surface area contributed by atoms with E-state index in [0.29, 0.717) is 12.2 Å². The van der Waals surface area contributed by atoms with Gasteiger partial charge in [-0.15, -0.1) is 5.10 Å². The van der Waals surface area contributed by atoms with Crippen molar-refractivity contribution in [1.82, 2.24) is 25.6 Å². The second kappa shape index (κ2) is 6.49. The van der Waals surface area contributed by atoms with Crippen LogP contribution in [0.4, 0.5) is 0 Å². The SMILES string of the molecule is CNC(C)CNC(=O)c1nnn(-c2ccc(C)cc2)c1C. The van der Waals surface area contributed by atoms with Crippen molar-refractivity contribution in [2.45, 2.75) is 26.8 Å². The summed E-state index contributed by atoms with van der Waals surface area (Å²) in [7, 11) is 1.86. The lowest BCUT2D eigenvalue weighted by atomic mass is 10.2. The number of aromatic nitrogens is 3. The van der Waals surface area contributed by atoms with E-state index in [9.17, 15) is 4.79 Å². The first-order valence-electron chi connectivity index (χ1n) is 6.97. The Morgan fingerprint density at radius 3 is 2.57 bits per heavy atom. The summed E-state index contributed by atoms with van der Waals surface area (Å²) in [4.78, 5) is 12.1. The molecule has 21 heavy (non-hydrogen) atoms. The molecule has 0 bridgehead atoms. The minimum absolute atomic E-state index is 0.201. The number of aryl methyl sites for hydroxylation is 1. The molecule has 6 heteroatoms. The van der Waals surface area contributed by atoms with Gasteiger partial charge in [-0.05, 0) is 40.0 Å². The van der Waals surface area contributed by atoms with Gasteiger partial charge in [-0.2, -0.15) is 0 Å². The topological polar surface area (TPSA) is 71.8 Å². The third-order valence-corrected chi connectivity index (χ3v) is 3.45. The van der Waals surface area contributed by atoms with Crippen LogP contribution in [0.3, 0.4) is 0 Å². The highest BCUT2D eigenvalue weighted by molar-refractivity contribution is 5.93. The molecule has 1 aromatic heterocycles. The van der Waals surface area contributed by atoms with E-state index in [-0.39, 0.29) is 11.9 Å². The quantitative estimate of drug-likeness (QED) is 0.867. The molecular weight excluding hydrogens is 266 g/mol. The molecule has 0 fully saturated rings. The lowest BCUT2D eigenvalue weighted by molar-refractivity contribution is 0.0945. The molecule has 1 atom stereocenters. The lowest BCUT2D eigenvalue weighted by Crippen LogP contribution is -2.37. The summed E-state index contributed by atoms with van der Waals surface area (Å²) in [6.45, 7) is 6.42. The van der Waals surface area contributed by atoms with Gasteiger partial charge in [0, 0.05) is 12.6 Å². The van der Waals surface area contributed by atoms with Crippen molar-refractivity contribution in [3.8, 4) is 5.69 Å². The first-order valence-corrected chi connectivity index (χ1v) is 6.97. The summed E-state index contributed by atoms with van der Waals surface area (Å²) >= 11 is 0. The minimum atomic E-state index is -0.201. The van der Waals surface area contributed by atoms with Gasteiger partial charge < -0.3 is 10.6 Å². The van der Waals surface area contributed by atoms with E-state index in [1.807, 2.05) is 52.1 Å².